The first-order valence-electron chi connectivity index (χ1n) is 6.50. The Labute approximate surface area is 124 Å². The highest BCUT2D eigenvalue weighted by molar-refractivity contribution is 9.10. The Morgan fingerprint density at radius 2 is 1.95 bits per heavy atom. The maximum atomic E-state index is 6.06. The summed E-state index contributed by atoms with van der Waals surface area (Å²) >= 11 is 9.54. The molecule has 0 aliphatic heterocycles. The quantitative estimate of drug-likeness (QED) is 0.669. The van der Waals surface area contributed by atoms with Crippen LogP contribution in [0.25, 0.3) is 11.2 Å². The molecule has 5 nitrogen and oxygen atoms in total. The summed E-state index contributed by atoms with van der Waals surface area (Å²) in [5.74, 6) is 0.868. The van der Waals surface area contributed by atoms with Gasteiger partial charge in [0.15, 0.2) is 15.5 Å². The number of imidazole rings is 1. The molecule has 2 heterocycles. The summed E-state index contributed by atoms with van der Waals surface area (Å²) in [6.45, 7) is 0.907. The van der Waals surface area contributed by atoms with Crippen LogP contribution in [-0.4, -0.2) is 19.5 Å². The zero-order valence-corrected chi connectivity index (χ0v) is 12.8. The number of rotatable bonds is 2. The predicted octanol–water partition coefficient (Wildman–Crippen LogP) is 3.40. The molecule has 0 spiro atoms. The van der Waals surface area contributed by atoms with Crippen LogP contribution in [0.5, 0.6) is 0 Å². The molecule has 0 unspecified atom stereocenters. The molecule has 2 aromatic heterocycles. The van der Waals surface area contributed by atoms with Crippen molar-refractivity contribution in [3.63, 3.8) is 0 Å². The Kier molecular flexibility index (Phi) is 3.62. The van der Waals surface area contributed by atoms with E-state index in [1.165, 1.54) is 32.1 Å². The molecule has 2 aromatic rings. The molecule has 0 aromatic carbocycles. The smallest absolute Gasteiger partial charge is 0.223 e. The van der Waals surface area contributed by atoms with Crippen LogP contribution in [0.2, 0.25) is 5.15 Å². The zero-order chi connectivity index (χ0) is 13.4. The van der Waals surface area contributed by atoms with Gasteiger partial charge in [0.05, 0.1) is 0 Å². The first kappa shape index (κ1) is 13.1. The Morgan fingerprint density at radius 1 is 1.21 bits per heavy atom. The van der Waals surface area contributed by atoms with Gasteiger partial charge in [-0.15, -0.1) is 0 Å². The van der Waals surface area contributed by atoms with E-state index in [2.05, 4.69) is 35.4 Å². The van der Waals surface area contributed by atoms with Crippen LogP contribution in [0.15, 0.2) is 4.73 Å². The molecule has 1 aliphatic carbocycles. The van der Waals surface area contributed by atoms with E-state index >= 15 is 0 Å². The van der Waals surface area contributed by atoms with Gasteiger partial charge >= 0.3 is 0 Å². The number of hydrogen-bond donors (Lipinski definition) is 1. The van der Waals surface area contributed by atoms with E-state index in [1.54, 1.807) is 0 Å². The zero-order valence-electron chi connectivity index (χ0n) is 10.4. The lowest BCUT2D eigenvalue weighted by Gasteiger charge is -2.22. The van der Waals surface area contributed by atoms with Gasteiger partial charge in [-0.05, 0) is 34.7 Å². The minimum absolute atomic E-state index is 0.190. The highest BCUT2D eigenvalue weighted by Gasteiger charge is 2.19. The topological polar surface area (TPSA) is 69.6 Å². The van der Waals surface area contributed by atoms with Crippen molar-refractivity contribution in [1.82, 2.24) is 19.5 Å². The lowest BCUT2D eigenvalue weighted by atomic mass is 9.89. The first-order chi connectivity index (χ1) is 9.15. The molecular formula is C12H15BrClN5. The molecule has 1 aliphatic rings. The monoisotopic (exact) mass is 343 g/mol. The molecular weight excluding hydrogens is 330 g/mol. The summed E-state index contributed by atoms with van der Waals surface area (Å²) in [6, 6.07) is 0. The van der Waals surface area contributed by atoms with Crippen molar-refractivity contribution >= 4 is 44.6 Å². The summed E-state index contributed by atoms with van der Waals surface area (Å²) in [5.41, 5.74) is 7.00. The molecule has 2 N–H and O–H groups in total. The second-order valence-corrected chi connectivity index (χ2v) is 6.11. The van der Waals surface area contributed by atoms with Crippen molar-refractivity contribution in [3.8, 4) is 0 Å². The fraction of sp³-hybridized carbons (Fsp3) is 0.583. The van der Waals surface area contributed by atoms with Crippen molar-refractivity contribution in [2.24, 2.45) is 5.92 Å². The van der Waals surface area contributed by atoms with E-state index in [0.717, 1.165) is 16.9 Å². The van der Waals surface area contributed by atoms with Crippen molar-refractivity contribution in [3.05, 3.63) is 9.89 Å². The van der Waals surface area contributed by atoms with E-state index < -0.39 is 0 Å². The van der Waals surface area contributed by atoms with Crippen LogP contribution in [0.1, 0.15) is 32.1 Å². The fourth-order valence-corrected chi connectivity index (χ4v) is 3.45. The normalized spacial score (nSPS) is 17.2. The Bertz CT molecular complexity index is 606. The standard InChI is InChI=1S/C12H15BrClN5/c13-11-16-8-9(14)17-12(15)18-10(8)19(11)6-7-4-2-1-3-5-7/h7H,1-6H2,(H2,15,17,18). The van der Waals surface area contributed by atoms with E-state index in [0.29, 0.717) is 16.6 Å². The van der Waals surface area contributed by atoms with Crippen LogP contribution in [-0.2, 0) is 6.54 Å². The van der Waals surface area contributed by atoms with Gasteiger partial charge in [-0.25, -0.2) is 4.98 Å². The minimum atomic E-state index is 0.190. The van der Waals surface area contributed by atoms with Gasteiger partial charge < -0.3 is 10.3 Å². The number of hydrogen-bond acceptors (Lipinski definition) is 4. The van der Waals surface area contributed by atoms with Crippen LogP contribution in [0.4, 0.5) is 5.95 Å². The molecule has 0 amide bonds. The first-order valence-corrected chi connectivity index (χ1v) is 7.67. The average Bonchev–Trinajstić information content (AvgIpc) is 2.69. The molecule has 0 radical (unpaired) electrons. The third-order valence-electron chi connectivity index (χ3n) is 3.69. The van der Waals surface area contributed by atoms with Gasteiger partial charge in [-0.1, -0.05) is 30.9 Å². The summed E-state index contributed by atoms with van der Waals surface area (Å²) in [4.78, 5) is 12.6. The van der Waals surface area contributed by atoms with Crippen LogP contribution < -0.4 is 5.73 Å². The van der Waals surface area contributed by atoms with E-state index in [-0.39, 0.29) is 5.95 Å². The Hall–Kier alpha value is -0.880. The van der Waals surface area contributed by atoms with Gasteiger partial charge in [-0.3, -0.25) is 0 Å². The molecule has 0 saturated heterocycles. The summed E-state index contributed by atoms with van der Waals surface area (Å²) in [7, 11) is 0. The van der Waals surface area contributed by atoms with Crippen LogP contribution in [0.3, 0.4) is 0 Å². The maximum Gasteiger partial charge on any atom is 0.223 e. The van der Waals surface area contributed by atoms with Crippen molar-refractivity contribution in [1.29, 1.82) is 0 Å². The van der Waals surface area contributed by atoms with Crippen LogP contribution in [0, 0.1) is 5.92 Å². The predicted molar refractivity (Wildman–Crippen MR) is 79.0 cm³/mol. The van der Waals surface area contributed by atoms with Gasteiger partial charge in [0.1, 0.15) is 5.52 Å². The van der Waals surface area contributed by atoms with Gasteiger partial charge in [0, 0.05) is 6.54 Å². The van der Waals surface area contributed by atoms with Crippen molar-refractivity contribution in [2.75, 3.05) is 5.73 Å². The lowest BCUT2D eigenvalue weighted by molar-refractivity contribution is 0.320. The molecule has 0 bridgehead atoms. The molecule has 7 heteroatoms. The largest absolute Gasteiger partial charge is 0.368 e. The van der Waals surface area contributed by atoms with Crippen molar-refractivity contribution in [2.45, 2.75) is 38.6 Å². The Balaban J connectivity index is 1.99. The lowest BCUT2D eigenvalue weighted by Crippen LogP contribution is -2.14. The average molecular weight is 345 g/mol. The summed E-state index contributed by atoms with van der Waals surface area (Å²) < 4.78 is 2.80. The second-order valence-electron chi connectivity index (χ2n) is 5.04. The highest BCUT2D eigenvalue weighted by Crippen LogP contribution is 2.29. The maximum absolute atomic E-state index is 6.06. The molecule has 3 rings (SSSR count). The van der Waals surface area contributed by atoms with Gasteiger partial charge in [0.2, 0.25) is 5.95 Å². The number of nitrogen functional groups attached to an aromatic ring is 1. The van der Waals surface area contributed by atoms with E-state index in [4.69, 9.17) is 17.3 Å². The molecule has 19 heavy (non-hydrogen) atoms. The SMILES string of the molecule is Nc1nc(Cl)c2nc(Br)n(CC3CCCCC3)c2n1. The second kappa shape index (κ2) is 5.25. The van der Waals surface area contributed by atoms with Gasteiger partial charge in [-0.2, -0.15) is 9.97 Å². The number of nitrogens with two attached hydrogens (primary N) is 1. The molecule has 0 atom stereocenters. The third-order valence-corrected chi connectivity index (χ3v) is 4.56. The summed E-state index contributed by atoms with van der Waals surface area (Å²) in [6.07, 6.45) is 6.50. The minimum Gasteiger partial charge on any atom is -0.368 e. The summed E-state index contributed by atoms with van der Waals surface area (Å²) in [5, 5.41) is 0.311. The van der Waals surface area contributed by atoms with Crippen LogP contribution >= 0.6 is 27.5 Å². The number of aromatic nitrogens is 4. The van der Waals surface area contributed by atoms with E-state index in [1.807, 2.05) is 0 Å². The number of anilines is 1. The molecule has 102 valence electrons. The van der Waals surface area contributed by atoms with Crippen molar-refractivity contribution < 1.29 is 0 Å². The molecule has 1 saturated carbocycles. The highest BCUT2D eigenvalue weighted by atomic mass is 79.9. The van der Waals surface area contributed by atoms with E-state index in [9.17, 15) is 0 Å². The number of nitrogens with zero attached hydrogens (tertiary/aromatic N) is 4. The fourth-order valence-electron chi connectivity index (χ4n) is 2.75. The van der Waals surface area contributed by atoms with Gasteiger partial charge in [0.25, 0.3) is 0 Å². The third kappa shape index (κ3) is 2.56. The Morgan fingerprint density at radius 3 is 2.68 bits per heavy atom. The number of fused-ring (bicyclic) bond motifs is 1. The molecule has 1 fully saturated rings. The number of halogens is 2.